The summed E-state index contributed by atoms with van der Waals surface area (Å²) in [6.45, 7) is 6.00. The van der Waals surface area contributed by atoms with Crippen molar-refractivity contribution in [3.8, 4) is 5.75 Å². The van der Waals surface area contributed by atoms with Gasteiger partial charge in [-0.1, -0.05) is 6.07 Å². The zero-order valence-electron chi connectivity index (χ0n) is 10.5. The first kappa shape index (κ1) is 12.3. The first-order valence-electron chi connectivity index (χ1n) is 5.84. The maximum atomic E-state index is 13.6. The Balaban J connectivity index is 2.19. The Morgan fingerprint density at radius 3 is 2.76 bits per heavy atom. The molecule has 1 unspecified atom stereocenters. The summed E-state index contributed by atoms with van der Waals surface area (Å²) >= 11 is 0. The van der Waals surface area contributed by atoms with E-state index < -0.39 is 0 Å². The average Bonchev–Trinajstić information content (AvgIpc) is 2.27. The van der Waals surface area contributed by atoms with E-state index in [1.54, 1.807) is 12.1 Å². The van der Waals surface area contributed by atoms with Gasteiger partial charge in [0.15, 0.2) is 11.6 Å². The van der Waals surface area contributed by atoms with Crippen LogP contribution in [0, 0.1) is 5.82 Å². The van der Waals surface area contributed by atoms with E-state index in [2.05, 4.69) is 24.5 Å². The molecule has 0 amide bonds. The van der Waals surface area contributed by atoms with Crippen molar-refractivity contribution in [1.82, 2.24) is 10.6 Å². The lowest BCUT2D eigenvalue weighted by Crippen LogP contribution is -2.56. The van der Waals surface area contributed by atoms with Crippen LogP contribution in [0.2, 0.25) is 0 Å². The molecule has 1 aromatic carbocycles. The third-order valence-corrected chi connectivity index (χ3v) is 3.06. The van der Waals surface area contributed by atoms with Gasteiger partial charge in [-0.25, -0.2) is 4.39 Å². The number of rotatable bonds is 2. The van der Waals surface area contributed by atoms with Crippen LogP contribution in [-0.2, 0) is 0 Å². The number of hydrogen-bond acceptors (Lipinski definition) is 3. The second-order valence-electron chi connectivity index (χ2n) is 5.11. The molecule has 3 nitrogen and oxygen atoms in total. The Bertz CT molecular complexity index is 406. The van der Waals surface area contributed by atoms with Crippen molar-refractivity contribution in [1.29, 1.82) is 0 Å². The molecular formula is C13H19FN2O. The van der Waals surface area contributed by atoms with Crippen molar-refractivity contribution in [3.63, 3.8) is 0 Å². The maximum Gasteiger partial charge on any atom is 0.165 e. The summed E-state index contributed by atoms with van der Waals surface area (Å²) in [5.74, 6) is -0.0213. The van der Waals surface area contributed by atoms with Crippen molar-refractivity contribution in [2.45, 2.75) is 25.4 Å². The minimum absolute atomic E-state index is 0.0271. The van der Waals surface area contributed by atoms with Gasteiger partial charge in [0.2, 0.25) is 0 Å². The van der Waals surface area contributed by atoms with E-state index >= 15 is 0 Å². The van der Waals surface area contributed by atoms with Crippen LogP contribution in [0.25, 0.3) is 0 Å². The monoisotopic (exact) mass is 238 g/mol. The van der Waals surface area contributed by atoms with Crippen molar-refractivity contribution < 1.29 is 9.13 Å². The fraction of sp³-hybridized carbons (Fsp3) is 0.538. The largest absolute Gasteiger partial charge is 0.494 e. The van der Waals surface area contributed by atoms with E-state index in [-0.39, 0.29) is 23.1 Å². The molecule has 17 heavy (non-hydrogen) atoms. The van der Waals surface area contributed by atoms with Crippen LogP contribution in [0.3, 0.4) is 0 Å². The highest BCUT2D eigenvalue weighted by molar-refractivity contribution is 5.31. The third kappa shape index (κ3) is 2.76. The second kappa shape index (κ2) is 4.63. The lowest BCUT2D eigenvalue weighted by atomic mass is 9.96. The molecular weight excluding hydrogens is 219 g/mol. The highest BCUT2D eigenvalue weighted by atomic mass is 19.1. The highest BCUT2D eigenvalue weighted by Crippen LogP contribution is 2.24. The molecule has 0 spiro atoms. The molecule has 0 radical (unpaired) electrons. The van der Waals surface area contributed by atoms with Gasteiger partial charge in [-0.15, -0.1) is 0 Å². The molecule has 94 valence electrons. The van der Waals surface area contributed by atoms with Gasteiger partial charge in [0.05, 0.1) is 7.11 Å². The Kier molecular flexibility index (Phi) is 3.35. The molecule has 1 aliphatic rings. The van der Waals surface area contributed by atoms with Crippen molar-refractivity contribution in [2.24, 2.45) is 0 Å². The summed E-state index contributed by atoms with van der Waals surface area (Å²) in [5, 5.41) is 6.86. The Labute approximate surface area is 101 Å². The molecule has 1 aromatic rings. The minimum atomic E-state index is -0.310. The van der Waals surface area contributed by atoms with E-state index in [0.717, 1.165) is 18.7 Å². The van der Waals surface area contributed by atoms with Gasteiger partial charge in [-0.3, -0.25) is 0 Å². The number of halogens is 1. The van der Waals surface area contributed by atoms with E-state index in [1.165, 1.54) is 7.11 Å². The summed E-state index contributed by atoms with van der Waals surface area (Å²) in [6, 6.07) is 5.26. The SMILES string of the molecule is COc1ccc(C2CNCC(C)(C)N2)cc1F. The molecule has 2 N–H and O–H groups in total. The number of hydrogen-bond donors (Lipinski definition) is 2. The van der Waals surface area contributed by atoms with E-state index in [1.807, 2.05) is 6.07 Å². The average molecular weight is 238 g/mol. The molecule has 1 aliphatic heterocycles. The van der Waals surface area contributed by atoms with Crippen molar-refractivity contribution in [3.05, 3.63) is 29.6 Å². The van der Waals surface area contributed by atoms with Crippen molar-refractivity contribution >= 4 is 0 Å². The van der Waals surface area contributed by atoms with Crippen LogP contribution in [0.1, 0.15) is 25.5 Å². The Morgan fingerprint density at radius 1 is 1.41 bits per heavy atom. The lowest BCUT2D eigenvalue weighted by molar-refractivity contribution is 0.264. The lowest BCUT2D eigenvalue weighted by Gasteiger charge is -2.38. The van der Waals surface area contributed by atoms with Crippen LogP contribution in [0.5, 0.6) is 5.75 Å². The maximum absolute atomic E-state index is 13.6. The summed E-state index contributed by atoms with van der Waals surface area (Å²) in [4.78, 5) is 0. The minimum Gasteiger partial charge on any atom is -0.494 e. The summed E-state index contributed by atoms with van der Waals surface area (Å²) in [7, 11) is 1.47. The van der Waals surface area contributed by atoms with Crippen LogP contribution >= 0.6 is 0 Å². The fourth-order valence-electron chi connectivity index (χ4n) is 2.20. The number of benzene rings is 1. The number of ether oxygens (including phenoxy) is 1. The van der Waals surface area contributed by atoms with E-state index in [9.17, 15) is 4.39 Å². The van der Waals surface area contributed by atoms with Gasteiger partial charge >= 0.3 is 0 Å². The van der Waals surface area contributed by atoms with Crippen LogP contribution in [0.4, 0.5) is 4.39 Å². The van der Waals surface area contributed by atoms with Gasteiger partial charge in [-0.2, -0.15) is 0 Å². The first-order valence-corrected chi connectivity index (χ1v) is 5.84. The van der Waals surface area contributed by atoms with Crippen LogP contribution in [0.15, 0.2) is 18.2 Å². The van der Waals surface area contributed by atoms with Gasteiger partial charge in [0, 0.05) is 24.7 Å². The predicted octanol–water partition coefficient (Wildman–Crippen LogP) is 1.85. The van der Waals surface area contributed by atoms with Gasteiger partial charge in [0.25, 0.3) is 0 Å². The molecule has 1 saturated heterocycles. The number of piperazine rings is 1. The summed E-state index contributed by atoms with van der Waals surface area (Å²) in [5.41, 5.74) is 0.975. The zero-order chi connectivity index (χ0) is 12.5. The molecule has 1 fully saturated rings. The predicted molar refractivity (Wildman–Crippen MR) is 65.8 cm³/mol. The Morgan fingerprint density at radius 2 is 2.18 bits per heavy atom. The molecule has 0 aliphatic carbocycles. The highest BCUT2D eigenvalue weighted by Gasteiger charge is 2.27. The quantitative estimate of drug-likeness (QED) is 0.825. The number of methoxy groups -OCH3 is 1. The molecule has 0 bridgehead atoms. The summed E-state index contributed by atoms with van der Waals surface area (Å²) < 4.78 is 18.5. The van der Waals surface area contributed by atoms with Gasteiger partial charge in [0.1, 0.15) is 0 Å². The summed E-state index contributed by atoms with van der Waals surface area (Å²) in [6.07, 6.45) is 0. The van der Waals surface area contributed by atoms with Crippen molar-refractivity contribution in [2.75, 3.05) is 20.2 Å². The molecule has 2 rings (SSSR count). The van der Waals surface area contributed by atoms with E-state index in [0.29, 0.717) is 0 Å². The fourth-order valence-corrected chi connectivity index (χ4v) is 2.20. The molecule has 4 heteroatoms. The smallest absolute Gasteiger partial charge is 0.165 e. The molecule has 1 heterocycles. The topological polar surface area (TPSA) is 33.3 Å². The second-order valence-corrected chi connectivity index (χ2v) is 5.11. The molecule has 0 saturated carbocycles. The first-order chi connectivity index (χ1) is 8.02. The molecule has 0 aromatic heterocycles. The third-order valence-electron chi connectivity index (χ3n) is 3.06. The van der Waals surface area contributed by atoms with Crippen LogP contribution in [-0.4, -0.2) is 25.7 Å². The van der Waals surface area contributed by atoms with Gasteiger partial charge < -0.3 is 15.4 Å². The zero-order valence-corrected chi connectivity index (χ0v) is 10.5. The van der Waals surface area contributed by atoms with E-state index in [4.69, 9.17) is 4.74 Å². The standard InChI is InChI=1S/C13H19FN2O/c1-13(2)8-15-7-11(16-13)9-4-5-12(17-3)10(14)6-9/h4-6,11,15-16H,7-8H2,1-3H3. The Hall–Kier alpha value is -1.13. The van der Waals surface area contributed by atoms with Crippen LogP contribution < -0.4 is 15.4 Å². The normalized spacial score (nSPS) is 23.4. The number of nitrogens with one attached hydrogen (secondary N) is 2. The van der Waals surface area contributed by atoms with Gasteiger partial charge in [-0.05, 0) is 31.5 Å². The molecule has 1 atom stereocenters.